The summed E-state index contributed by atoms with van der Waals surface area (Å²) in [6.45, 7) is 2.06. The number of carbonyl (C=O) groups excluding carboxylic acids is 1. The Labute approximate surface area is 247 Å². The molecule has 2 aliphatic heterocycles. The van der Waals surface area contributed by atoms with Crippen molar-refractivity contribution in [1.29, 1.82) is 0 Å². The van der Waals surface area contributed by atoms with Crippen LogP contribution >= 0.6 is 0 Å². The zero-order chi connectivity index (χ0) is 29.2. The van der Waals surface area contributed by atoms with E-state index in [0.717, 1.165) is 57.7 Å². The Morgan fingerprint density at radius 2 is 1.31 bits per heavy atom. The molecule has 0 N–H and O–H groups in total. The van der Waals surface area contributed by atoms with Crippen molar-refractivity contribution in [1.82, 2.24) is 0 Å². The number of ketones is 1. The molecular formula is C37H36O5. The van der Waals surface area contributed by atoms with Crippen LogP contribution in [0, 0.1) is 6.92 Å². The van der Waals surface area contributed by atoms with E-state index in [1.165, 1.54) is 0 Å². The summed E-state index contributed by atoms with van der Waals surface area (Å²) in [5.41, 5.74) is 5.18. The lowest BCUT2D eigenvalue weighted by Gasteiger charge is -2.31. The molecule has 1 spiro atoms. The fourth-order valence-electron chi connectivity index (χ4n) is 6.38. The van der Waals surface area contributed by atoms with E-state index >= 15 is 0 Å². The Kier molecular flexibility index (Phi) is 7.72. The van der Waals surface area contributed by atoms with Crippen molar-refractivity contribution in [3.63, 3.8) is 0 Å². The Balaban J connectivity index is 1.43. The number of hydrogen-bond acceptors (Lipinski definition) is 5. The van der Waals surface area contributed by atoms with Gasteiger partial charge in [0.1, 0.15) is 17.1 Å². The van der Waals surface area contributed by atoms with Gasteiger partial charge in [0, 0.05) is 29.5 Å². The molecule has 0 aromatic heterocycles. The summed E-state index contributed by atoms with van der Waals surface area (Å²) in [4.78, 5) is 13.6. The lowest BCUT2D eigenvalue weighted by Crippen LogP contribution is -2.45. The molecule has 2 heterocycles. The number of benzene rings is 3. The van der Waals surface area contributed by atoms with Gasteiger partial charge in [0.05, 0.1) is 14.2 Å². The van der Waals surface area contributed by atoms with Gasteiger partial charge in [-0.15, -0.1) is 0 Å². The first-order valence-corrected chi connectivity index (χ1v) is 14.5. The average Bonchev–Trinajstić information content (AvgIpc) is 3.51. The SMILES string of the molecule is COc1ccccc1/C=C/C=C1\CC/C(=C\C=C\c2ccccc2OC)C12O[C@@]1(c3ccc(C)cc3)CCC(=O)[C@@H]2O1. The third kappa shape index (κ3) is 4.93. The molecule has 0 amide bonds. The van der Waals surface area contributed by atoms with Gasteiger partial charge in [-0.05, 0) is 43.0 Å². The summed E-state index contributed by atoms with van der Waals surface area (Å²) in [5.74, 6) is 0.713. The highest BCUT2D eigenvalue weighted by molar-refractivity contribution is 5.88. The summed E-state index contributed by atoms with van der Waals surface area (Å²) in [6.07, 6.45) is 14.0. The van der Waals surface area contributed by atoms with Crippen LogP contribution < -0.4 is 9.47 Å². The van der Waals surface area contributed by atoms with Crippen LogP contribution in [0.15, 0.2) is 108 Å². The fraction of sp³-hybridized carbons (Fsp3) is 0.270. The Hall–Kier alpha value is -4.19. The molecular weight excluding hydrogens is 524 g/mol. The molecule has 0 unspecified atom stereocenters. The molecule has 2 atom stereocenters. The first-order valence-electron chi connectivity index (χ1n) is 14.5. The molecule has 2 bridgehead atoms. The van der Waals surface area contributed by atoms with Crippen LogP contribution in [0.5, 0.6) is 11.5 Å². The van der Waals surface area contributed by atoms with E-state index in [9.17, 15) is 4.79 Å². The second-order valence-corrected chi connectivity index (χ2v) is 11.0. The molecule has 3 fully saturated rings. The first kappa shape index (κ1) is 28.0. The van der Waals surface area contributed by atoms with Gasteiger partial charge >= 0.3 is 0 Å². The smallest absolute Gasteiger partial charge is 0.197 e. The van der Waals surface area contributed by atoms with Gasteiger partial charge in [0.15, 0.2) is 17.7 Å². The van der Waals surface area contributed by atoms with E-state index < -0.39 is 17.5 Å². The van der Waals surface area contributed by atoms with Crippen LogP contribution in [-0.2, 0) is 20.1 Å². The van der Waals surface area contributed by atoms with Crippen molar-refractivity contribution in [2.75, 3.05) is 14.2 Å². The third-order valence-corrected chi connectivity index (χ3v) is 8.53. The van der Waals surface area contributed by atoms with E-state index in [1.807, 2.05) is 72.8 Å². The van der Waals surface area contributed by atoms with Crippen molar-refractivity contribution in [2.45, 2.75) is 50.1 Å². The van der Waals surface area contributed by atoms with Crippen LogP contribution in [0.4, 0.5) is 0 Å². The van der Waals surface area contributed by atoms with Gasteiger partial charge in [0.25, 0.3) is 0 Å². The number of aryl methyl sites for hydroxylation is 1. The van der Waals surface area contributed by atoms with Gasteiger partial charge in [-0.3, -0.25) is 4.79 Å². The van der Waals surface area contributed by atoms with Crippen molar-refractivity contribution in [3.8, 4) is 11.5 Å². The molecule has 5 heteroatoms. The Morgan fingerprint density at radius 3 is 1.86 bits per heavy atom. The zero-order valence-electron chi connectivity index (χ0n) is 24.3. The second-order valence-electron chi connectivity index (χ2n) is 11.0. The number of rotatable bonds is 7. The number of allylic oxidation sites excluding steroid dienone is 4. The van der Waals surface area contributed by atoms with Crippen molar-refractivity contribution in [3.05, 3.63) is 131 Å². The summed E-state index contributed by atoms with van der Waals surface area (Å²) >= 11 is 0. The molecule has 1 aliphatic carbocycles. The predicted molar refractivity (Wildman–Crippen MR) is 165 cm³/mol. The first-order chi connectivity index (χ1) is 20.5. The minimum absolute atomic E-state index is 0.0800. The second kappa shape index (κ2) is 11.6. The molecule has 3 aromatic rings. The number of para-hydroxylation sites is 2. The zero-order valence-corrected chi connectivity index (χ0v) is 24.3. The van der Waals surface area contributed by atoms with E-state index in [-0.39, 0.29) is 5.78 Å². The lowest BCUT2D eigenvalue weighted by atomic mass is 9.83. The standard InChI is InChI=1S/C37H36O5/c1-26-18-20-29(21-19-26)36-25-24-32(38)35(41-36)37(42-36)30(14-8-12-27-10-4-6-16-33(27)39-2)22-23-31(37)15-9-13-28-11-5-7-17-34(28)40-3/h4-21,35H,22-25H2,1-3H3/b12-8+,13-9+,30-14+,31-15+/t35-,36+/m0/s1. The van der Waals surface area contributed by atoms with E-state index in [1.54, 1.807) is 14.2 Å². The van der Waals surface area contributed by atoms with Crippen LogP contribution in [0.3, 0.4) is 0 Å². The molecule has 5 nitrogen and oxygen atoms in total. The largest absolute Gasteiger partial charge is 0.496 e. The number of Topliss-reactive ketones (excluding diaryl/α,β-unsaturated/α-hetero) is 1. The molecule has 214 valence electrons. The number of methoxy groups -OCH3 is 2. The minimum Gasteiger partial charge on any atom is -0.496 e. The summed E-state index contributed by atoms with van der Waals surface area (Å²) in [6, 6.07) is 24.1. The highest BCUT2D eigenvalue weighted by atomic mass is 16.8. The van der Waals surface area contributed by atoms with Crippen molar-refractivity contribution in [2.24, 2.45) is 0 Å². The molecule has 6 rings (SSSR count). The minimum atomic E-state index is -0.979. The molecule has 3 aliphatic rings. The van der Waals surface area contributed by atoms with Gasteiger partial charge in [-0.1, -0.05) is 103 Å². The summed E-state index contributed by atoms with van der Waals surface area (Å²) in [7, 11) is 3.35. The van der Waals surface area contributed by atoms with E-state index in [4.69, 9.17) is 18.9 Å². The normalized spacial score (nSPS) is 24.9. The van der Waals surface area contributed by atoms with Gasteiger partial charge in [-0.25, -0.2) is 0 Å². The van der Waals surface area contributed by atoms with Gasteiger partial charge in [-0.2, -0.15) is 0 Å². The Morgan fingerprint density at radius 1 is 0.762 bits per heavy atom. The van der Waals surface area contributed by atoms with Gasteiger partial charge in [0.2, 0.25) is 0 Å². The van der Waals surface area contributed by atoms with E-state index in [0.29, 0.717) is 12.8 Å². The predicted octanol–water partition coefficient (Wildman–Crippen LogP) is 7.76. The highest BCUT2D eigenvalue weighted by Gasteiger charge is 2.66. The maximum absolute atomic E-state index is 13.6. The molecule has 3 aromatic carbocycles. The summed E-state index contributed by atoms with van der Waals surface area (Å²) < 4.78 is 24.9. The lowest BCUT2D eigenvalue weighted by molar-refractivity contribution is -0.205. The van der Waals surface area contributed by atoms with Crippen LogP contribution in [0.25, 0.3) is 12.2 Å². The summed E-state index contributed by atoms with van der Waals surface area (Å²) in [5, 5.41) is 0. The highest BCUT2D eigenvalue weighted by Crippen LogP contribution is 2.59. The number of ether oxygens (including phenoxy) is 4. The fourth-order valence-corrected chi connectivity index (χ4v) is 6.38. The quantitative estimate of drug-likeness (QED) is 0.296. The molecule has 2 saturated heterocycles. The number of carbonyl (C=O) groups is 1. The number of fused-ring (bicyclic) bond motifs is 3. The van der Waals surface area contributed by atoms with Crippen LogP contribution in [-0.4, -0.2) is 31.7 Å². The van der Waals surface area contributed by atoms with Crippen LogP contribution in [0.2, 0.25) is 0 Å². The van der Waals surface area contributed by atoms with E-state index in [2.05, 4.69) is 43.3 Å². The van der Waals surface area contributed by atoms with Crippen LogP contribution in [0.1, 0.15) is 47.9 Å². The molecule has 1 saturated carbocycles. The van der Waals surface area contributed by atoms with Crippen molar-refractivity contribution < 1.29 is 23.7 Å². The topological polar surface area (TPSA) is 54.0 Å². The maximum atomic E-state index is 13.6. The monoisotopic (exact) mass is 560 g/mol. The molecule has 0 radical (unpaired) electrons. The van der Waals surface area contributed by atoms with Gasteiger partial charge < -0.3 is 18.9 Å². The third-order valence-electron chi connectivity index (χ3n) is 8.53. The van der Waals surface area contributed by atoms with Crippen molar-refractivity contribution >= 4 is 17.9 Å². The Bertz CT molecular complexity index is 1520. The number of hydrogen-bond donors (Lipinski definition) is 0. The average molecular weight is 561 g/mol. The molecule has 42 heavy (non-hydrogen) atoms. The maximum Gasteiger partial charge on any atom is 0.197 e.